The number of fused-ring (bicyclic) bond motifs is 4. The number of unbranched alkanes of at least 4 members (excludes halogenated alkanes) is 1. The van der Waals surface area contributed by atoms with Crippen molar-refractivity contribution in [2.75, 3.05) is 18.9 Å². The molecule has 3 unspecified atom stereocenters. The second-order valence-electron chi connectivity index (χ2n) is 12.3. The minimum atomic E-state index is -4.26. The van der Waals surface area contributed by atoms with E-state index in [1.54, 1.807) is 6.08 Å². The Morgan fingerprint density at radius 2 is 1.98 bits per heavy atom. The molecule has 1 aliphatic heterocycles. The standard InChI is InChI=1S/C35H35NO7S/c1-4-42-34(38)32-26-14-11-22-19-25-20-24(33(37)43-30(25)21-23(22)12-15-27(26)32)13-16-31-35(2,3)28-9-5-6-10-29(28)36(31)17-7-8-18-44(39,40)41/h5-6,9-10,13,16,19-21,26-27,32H,4,7-8,11,14,17-18H2,1-3H3/b16-13+. The van der Waals surface area contributed by atoms with E-state index < -0.39 is 21.5 Å². The zero-order valence-electron chi connectivity index (χ0n) is 25.1. The Bertz CT molecular complexity index is 1960. The van der Waals surface area contributed by atoms with Crippen molar-refractivity contribution in [3.63, 3.8) is 0 Å². The van der Waals surface area contributed by atoms with E-state index in [1.807, 2.05) is 49.4 Å². The fraction of sp³-hybridized carbons (Fsp3) is 0.400. The van der Waals surface area contributed by atoms with Gasteiger partial charge in [-0.15, -0.1) is 0 Å². The zero-order chi connectivity index (χ0) is 31.2. The molecule has 2 aliphatic carbocycles. The Kier molecular flexibility index (Phi) is 7.85. The molecule has 0 N–H and O–H groups in total. The first kappa shape index (κ1) is 30.0. The van der Waals surface area contributed by atoms with Gasteiger partial charge in [-0.1, -0.05) is 30.0 Å². The Hall–Kier alpha value is -4.00. The number of carbonyl (C=O) groups excluding carboxylic acids is 1. The van der Waals surface area contributed by atoms with Crippen LogP contribution in [0.4, 0.5) is 5.69 Å². The number of allylic oxidation sites excluding steroid dienone is 1. The highest BCUT2D eigenvalue weighted by Crippen LogP contribution is 2.50. The van der Waals surface area contributed by atoms with E-state index in [9.17, 15) is 22.6 Å². The molecule has 2 heterocycles. The maximum Gasteiger partial charge on any atom is 0.343 e. The third kappa shape index (κ3) is 5.76. The fourth-order valence-electron chi connectivity index (χ4n) is 6.74. The number of hydrogen-bond donors (Lipinski definition) is 0. The van der Waals surface area contributed by atoms with E-state index in [0.717, 1.165) is 46.3 Å². The number of carbonyl (C=O) groups is 1. The van der Waals surface area contributed by atoms with Crippen LogP contribution in [0, 0.1) is 29.6 Å². The maximum absolute atomic E-state index is 13.1. The van der Waals surface area contributed by atoms with Gasteiger partial charge in [0, 0.05) is 46.7 Å². The molecular formula is C35H35NO7S. The smallest absolute Gasteiger partial charge is 0.343 e. The van der Waals surface area contributed by atoms with Gasteiger partial charge in [0.15, 0.2) is 5.71 Å². The molecule has 0 spiro atoms. The van der Waals surface area contributed by atoms with Gasteiger partial charge in [-0.2, -0.15) is 4.58 Å². The summed E-state index contributed by atoms with van der Waals surface area (Å²) in [5.74, 6) is 5.99. The first-order chi connectivity index (χ1) is 21.0. The molecule has 8 nitrogen and oxygen atoms in total. The van der Waals surface area contributed by atoms with Gasteiger partial charge in [-0.3, -0.25) is 4.79 Å². The SMILES string of the molecule is CCOC(=O)C1C2C#Cc3cc4oc(=O)c(/C=C/C5=[N+](CCCCS(=O)(=O)[O-])c6ccccc6C5(C)C)cc4cc3CCC21. The minimum Gasteiger partial charge on any atom is -0.748 e. The molecule has 3 atom stereocenters. The summed E-state index contributed by atoms with van der Waals surface area (Å²) in [7, 11) is -4.26. The molecule has 3 aliphatic rings. The molecule has 0 bridgehead atoms. The second kappa shape index (κ2) is 11.5. The van der Waals surface area contributed by atoms with Gasteiger partial charge in [0.1, 0.15) is 12.1 Å². The lowest BCUT2D eigenvalue weighted by Gasteiger charge is -2.15. The van der Waals surface area contributed by atoms with Gasteiger partial charge < -0.3 is 13.7 Å². The van der Waals surface area contributed by atoms with Crippen molar-refractivity contribution in [1.82, 2.24) is 0 Å². The molecule has 0 radical (unpaired) electrons. The van der Waals surface area contributed by atoms with Crippen LogP contribution in [0.15, 0.2) is 57.8 Å². The Labute approximate surface area is 257 Å². The normalized spacial score (nSPS) is 21.6. The van der Waals surface area contributed by atoms with Crippen LogP contribution >= 0.6 is 0 Å². The number of ether oxygens (including phenoxy) is 1. The monoisotopic (exact) mass is 613 g/mol. The summed E-state index contributed by atoms with van der Waals surface area (Å²) in [6.07, 6.45) is 6.12. The molecule has 9 heteroatoms. The van der Waals surface area contributed by atoms with Gasteiger partial charge in [0.25, 0.3) is 0 Å². The lowest BCUT2D eigenvalue weighted by molar-refractivity contribution is -0.438. The third-order valence-electron chi connectivity index (χ3n) is 9.08. The topological polar surface area (TPSA) is 117 Å². The lowest BCUT2D eigenvalue weighted by Crippen LogP contribution is -2.28. The van der Waals surface area contributed by atoms with Crippen LogP contribution in [-0.4, -0.2) is 48.1 Å². The zero-order valence-corrected chi connectivity index (χ0v) is 25.9. The predicted octanol–water partition coefficient (Wildman–Crippen LogP) is 4.93. The van der Waals surface area contributed by atoms with Crippen LogP contribution in [0.3, 0.4) is 0 Å². The van der Waals surface area contributed by atoms with Gasteiger partial charge in [-0.05, 0) is 75.8 Å². The van der Waals surface area contributed by atoms with Crippen LogP contribution in [-0.2, 0) is 31.5 Å². The first-order valence-corrected chi connectivity index (χ1v) is 16.7. The van der Waals surface area contributed by atoms with Gasteiger partial charge in [0.2, 0.25) is 5.69 Å². The number of hydrogen-bond acceptors (Lipinski definition) is 7. The van der Waals surface area contributed by atoms with Crippen LogP contribution in [0.25, 0.3) is 17.0 Å². The van der Waals surface area contributed by atoms with E-state index in [-0.39, 0.29) is 35.6 Å². The van der Waals surface area contributed by atoms with Crippen molar-refractivity contribution < 1.29 is 31.5 Å². The summed E-state index contributed by atoms with van der Waals surface area (Å²) in [6, 6.07) is 13.7. The molecule has 1 fully saturated rings. The quantitative estimate of drug-likeness (QED) is 0.0839. The molecule has 6 rings (SSSR count). The molecule has 228 valence electrons. The molecule has 1 aromatic heterocycles. The van der Waals surface area contributed by atoms with Crippen LogP contribution < -0.4 is 5.63 Å². The van der Waals surface area contributed by atoms with Crippen LogP contribution in [0.2, 0.25) is 0 Å². The highest BCUT2D eigenvalue weighted by Gasteiger charge is 2.54. The van der Waals surface area contributed by atoms with Gasteiger partial charge in [0.05, 0.1) is 33.6 Å². The first-order valence-electron chi connectivity index (χ1n) is 15.1. The highest BCUT2D eigenvalue weighted by atomic mass is 32.2. The van der Waals surface area contributed by atoms with Crippen LogP contribution in [0.5, 0.6) is 0 Å². The molecule has 0 amide bonds. The predicted molar refractivity (Wildman–Crippen MR) is 167 cm³/mol. The van der Waals surface area contributed by atoms with Crippen molar-refractivity contribution in [2.24, 2.45) is 17.8 Å². The second-order valence-corrected chi connectivity index (χ2v) is 13.8. The van der Waals surface area contributed by atoms with Gasteiger partial charge in [-0.25, -0.2) is 13.2 Å². The minimum absolute atomic E-state index is 0.0141. The van der Waals surface area contributed by atoms with Crippen molar-refractivity contribution in [2.45, 2.75) is 51.9 Å². The van der Waals surface area contributed by atoms with Crippen LogP contribution in [0.1, 0.15) is 62.3 Å². The van der Waals surface area contributed by atoms with E-state index in [4.69, 9.17) is 9.15 Å². The lowest BCUT2D eigenvalue weighted by atomic mass is 9.81. The summed E-state index contributed by atoms with van der Waals surface area (Å²) in [5, 5.41) is 0.800. The Morgan fingerprint density at radius 3 is 2.75 bits per heavy atom. The highest BCUT2D eigenvalue weighted by molar-refractivity contribution is 7.85. The summed E-state index contributed by atoms with van der Waals surface area (Å²) in [4.78, 5) is 25.5. The number of para-hydroxylation sites is 1. The van der Waals surface area contributed by atoms with Crippen molar-refractivity contribution in [3.8, 4) is 11.8 Å². The largest absolute Gasteiger partial charge is 0.748 e. The average Bonchev–Trinajstić information content (AvgIpc) is 3.60. The summed E-state index contributed by atoms with van der Waals surface area (Å²) >= 11 is 0. The Morgan fingerprint density at radius 1 is 1.18 bits per heavy atom. The summed E-state index contributed by atoms with van der Waals surface area (Å²) in [6.45, 7) is 6.94. The third-order valence-corrected chi connectivity index (χ3v) is 9.87. The van der Waals surface area contributed by atoms with E-state index in [2.05, 4.69) is 36.3 Å². The van der Waals surface area contributed by atoms with E-state index in [1.165, 1.54) is 0 Å². The number of aryl methyl sites for hydroxylation is 1. The number of esters is 1. The number of nitrogens with zero attached hydrogens (tertiary/aromatic N) is 1. The Balaban J connectivity index is 1.30. The molecule has 2 aromatic carbocycles. The molecule has 3 aromatic rings. The molecule has 0 saturated heterocycles. The van der Waals surface area contributed by atoms with E-state index in [0.29, 0.717) is 30.7 Å². The van der Waals surface area contributed by atoms with Crippen molar-refractivity contribution in [1.29, 1.82) is 0 Å². The van der Waals surface area contributed by atoms with Gasteiger partial charge >= 0.3 is 11.6 Å². The van der Waals surface area contributed by atoms with Crippen molar-refractivity contribution in [3.05, 3.63) is 81.2 Å². The van der Waals surface area contributed by atoms with Crippen molar-refractivity contribution >= 4 is 44.5 Å². The van der Waals surface area contributed by atoms with E-state index >= 15 is 0 Å². The number of benzene rings is 2. The summed E-state index contributed by atoms with van der Waals surface area (Å²) < 4.78 is 46.5. The molecule has 44 heavy (non-hydrogen) atoms. The fourth-order valence-corrected chi connectivity index (χ4v) is 7.30. The molecule has 1 saturated carbocycles. The summed E-state index contributed by atoms with van der Waals surface area (Å²) in [5.41, 5.74) is 5.05. The average molecular weight is 614 g/mol. The maximum atomic E-state index is 13.1. The molecular weight excluding hydrogens is 578 g/mol. The number of rotatable bonds is 9.